The van der Waals surface area contributed by atoms with Crippen molar-refractivity contribution < 1.29 is 19.0 Å². The summed E-state index contributed by atoms with van der Waals surface area (Å²) in [4.78, 5) is 25.0. The van der Waals surface area contributed by atoms with Crippen LogP contribution >= 0.6 is 22.6 Å². The van der Waals surface area contributed by atoms with Crippen molar-refractivity contribution in [2.75, 3.05) is 44.3 Å². The minimum Gasteiger partial charge on any atom is -0.472 e. The lowest BCUT2D eigenvalue weighted by atomic mass is 10.2. The average Bonchev–Trinajstić information content (AvgIpc) is 3.02. The number of aromatic nitrogens is 2. The number of hydrogen-bond acceptors (Lipinski definition) is 7. The van der Waals surface area contributed by atoms with E-state index in [0.717, 1.165) is 23.2 Å². The lowest BCUT2D eigenvalue weighted by molar-refractivity contribution is 0.0275. The maximum absolute atomic E-state index is 12.2. The molecule has 144 valence electrons. The summed E-state index contributed by atoms with van der Waals surface area (Å²) in [6.07, 6.45) is 0.368. The van der Waals surface area contributed by atoms with Crippen LogP contribution in [-0.4, -0.2) is 72.1 Å². The molecule has 0 radical (unpaired) electrons. The molecule has 1 amide bonds. The van der Waals surface area contributed by atoms with Crippen LogP contribution in [0.4, 0.5) is 10.7 Å². The first-order valence-corrected chi connectivity index (χ1v) is 9.90. The average molecular weight is 476 g/mol. The van der Waals surface area contributed by atoms with Crippen LogP contribution < -0.4 is 9.64 Å². The van der Waals surface area contributed by atoms with Gasteiger partial charge < -0.3 is 24.0 Å². The Morgan fingerprint density at radius 2 is 2.00 bits per heavy atom. The van der Waals surface area contributed by atoms with E-state index in [2.05, 4.69) is 37.5 Å². The highest BCUT2D eigenvalue weighted by atomic mass is 127. The van der Waals surface area contributed by atoms with E-state index in [9.17, 15) is 4.79 Å². The van der Waals surface area contributed by atoms with Crippen molar-refractivity contribution >= 4 is 34.6 Å². The van der Waals surface area contributed by atoms with Crippen LogP contribution in [0.1, 0.15) is 27.2 Å². The summed E-state index contributed by atoms with van der Waals surface area (Å²) in [5.41, 5.74) is -0.494. The molecule has 0 saturated carbocycles. The fourth-order valence-corrected chi connectivity index (χ4v) is 3.32. The predicted molar refractivity (Wildman–Crippen MR) is 105 cm³/mol. The molecular weight excluding hydrogens is 451 g/mol. The van der Waals surface area contributed by atoms with Gasteiger partial charge in [0, 0.05) is 32.1 Å². The third-order valence-electron chi connectivity index (χ3n) is 4.04. The Kier molecular flexibility index (Phi) is 6.06. The van der Waals surface area contributed by atoms with E-state index >= 15 is 0 Å². The van der Waals surface area contributed by atoms with Crippen LogP contribution in [0.5, 0.6) is 5.88 Å². The number of rotatable bonds is 3. The van der Waals surface area contributed by atoms with Crippen LogP contribution in [0.25, 0.3) is 0 Å². The topological polar surface area (TPSA) is 77.0 Å². The normalized spacial score (nSPS) is 21.0. The molecule has 1 atom stereocenters. The fraction of sp³-hybridized carbons (Fsp3) is 0.706. The fourth-order valence-electron chi connectivity index (χ4n) is 2.84. The van der Waals surface area contributed by atoms with Crippen molar-refractivity contribution in [3.05, 3.63) is 9.77 Å². The van der Waals surface area contributed by atoms with Crippen LogP contribution in [0.3, 0.4) is 0 Å². The summed E-state index contributed by atoms with van der Waals surface area (Å²) >= 11 is 2.17. The molecule has 9 heteroatoms. The zero-order valence-electron chi connectivity index (χ0n) is 15.4. The summed E-state index contributed by atoms with van der Waals surface area (Å²) < 4.78 is 17.7. The van der Waals surface area contributed by atoms with Crippen molar-refractivity contribution in [2.45, 2.75) is 38.9 Å². The number of likely N-dealkylation sites (tertiary alicyclic amines) is 1. The first-order valence-electron chi connectivity index (χ1n) is 8.82. The van der Waals surface area contributed by atoms with Gasteiger partial charge in [0.2, 0.25) is 11.8 Å². The maximum Gasteiger partial charge on any atom is 0.410 e. The van der Waals surface area contributed by atoms with E-state index in [1.807, 2.05) is 26.8 Å². The molecule has 2 saturated heterocycles. The van der Waals surface area contributed by atoms with E-state index in [0.29, 0.717) is 38.1 Å². The van der Waals surface area contributed by atoms with Gasteiger partial charge in [-0.3, -0.25) is 0 Å². The Bertz CT molecular complexity index is 646. The quantitative estimate of drug-likeness (QED) is 0.490. The SMILES string of the molecule is CC(C)(C)OC(=O)N1CC[C@@H](Oc2cc(I)nc(N3CCOCC3)n2)C1. The van der Waals surface area contributed by atoms with E-state index in [1.165, 1.54) is 0 Å². The number of halogens is 1. The van der Waals surface area contributed by atoms with Crippen molar-refractivity contribution in [2.24, 2.45) is 0 Å². The minimum atomic E-state index is -0.494. The molecule has 0 aliphatic carbocycles. The van der Waals surface area contributed by atoms with Gasteiger partial charge in [-0.25, -0.2) is 9.78 Å². The van der Waals surface area contributed by atoms with Crippen molar-refractivity contribution in [3.8, 4) is 5.88 Å². The van der Waals surface area contributed by atoms with Crippen molar-refractivity contribution in [1.82, 2.24) is 14.9 Å². The monoisotopic (exact) mass is 476 g/mol. The molecule has 0 unspecified atom stereocenters. The molecule has 26 heavy (non-hydrogen) atoms. The molecule has 2 aliphatic heterocycles. The Labute approximate surface area is 167 Å². The summed E-state index contributed by atoms with van der Waals surface area (Å²) in [6, 6.07) is 1.82. The molecular formula is C17H25IN4O4. The van der Waals surface area contributed by atoms with Gasteiger partial charge in [0.1, 0.15) is 15.4 Å². The first-order chi connectivity index (χ1) is 12.3. The standard InChI is InChI=1S/C17H25IN4O4/c1-17(2,3)26-16(23)22-5-4-12(11-22)25-14-10-13(18)19-15(20-14)21-6-8-24-9-7-21/h10,12H,4-9,11H2,1-3H3/t12-/m1/s1. The van der Waals surface area contributed by atoms with Gasteiger partial charge in [-0.1, -0.05) is 0 Å². The zero-order chi connectivity index (χ0) is 18.7. The molecule has 3 rings (SSSR count). The summed E-state index contributed by atoms with van der Waals surface area (Å²) in [5, 5.41) is 0. The highest BCUT2D eigenvalue weighted by molar-refractivity contribution is 14.1. The van der Waals surface area contributed by atoms with E-state index in [4.69, 9.17) is 14.2 Å². The molecule has 0 N–H and O–H groups in total. The second-order valence-electron chi connectivity index (χ2n) is 7.38. The molecule has 1 aromatic heterocycles. The number of nitrogens with zero attached hydrogens (tertiary/aromatic N) is 4. The Morgan fingerprint density at radius 1 is 1.27 bits per heavy atom. The van der Waals surface area contributed by atoms with Gasteiger partial charge in [-0.15, -0.1) is 0 Å². The summed E-state index contributed by atoms with van der Waals surface area (Å²) in [7, 11) is 0. The highest BCUT2D eigenvalue weighted by Crippen LogP contribution is 2.22. The lowest BCUT2D eigenvalue weighted by Gasteiger charge is -2.27. The Hall–Kier alpha value is -1.36. The Balaban J connectivity index is 1.61. The molecule has 0 bridgehead atoms. The molecule has 2 aliphatic rings. The third kappa shape index (κ3) is 5.32. The largest absolute Gasteiger partial charge is 0.472 e. The number of amides is 1. The number of anilines is 1. The predicted octanol–water partition coefficient (Wildman–Crippen LogP) is 2.31. The van der Waals surface area contributed by atoms with Gasteiger partial charge in [-0.05, 0) is 43.4 Å². The molecule has 2 fully saturated rings. The van der Waals surface area contributed by atoms with Gasteiger partial charge >= 0.3 is 6.09 Å². The van der Waals surface area contributed by atoms with E-state index in [1.54, 1.807) is 4.90 Å². The molecule has 0 spiro atoms. The van der Waals surface area contributed by atoms with Crippen molar-refractivity contribution in [3.63, 3.8) is 0 Å². The zero-order valence-corrected chi connectivity index (χ0v) is 17.6. The first kappa shape index (κ1) is 19.4. The van der Waals surface area contributed by atoms with Crippen LogP contribution in [0, 0.1) is 3.70 Å². The highest BCUT2D eigenvalue weighted by Gasteiger charge is 2.31. The third-order valence-corrected chi connectivity index (χ3v) is 4.59. The van der Waals surface area contributed by atoms with Crippen LogP contribution in [-0.2, 0) is 9.47 Å². The molecule has 1 aromatic rings. The maximum atomic E-state index is 12.2. The Morgan fingerprint density at radius 3 is 2.69 bits per heavy atom. The molecule has 8 nitrogen and oxygen atoms in total. The lowest BCUT2D eigenvalue weighted by Crippen LogP contribution is -2.37. The van der Waals surface area contributed by atoms with E-state index in [-0.39, 0.29) is 12.2 Å². The molecule has 3 heterocycles. The van der Waals surface area contributed by atoms with Gasteiger partial charge in [0.05, 0.1) is 19.8 Å². The van der Waals surface area contributed by atoms with E-state index < -0.39 is 5.60 Å². The van der Waals surface area contributed by atoms with Gasteiger partial charge in [-0.2, -0.15) is 4.98 Å². The van der Waals surface area contributed by atoms with Crippen LogP contribution in [0.2, 0.25) is 0 Å². The van der Waals surface area contributed by atoms with Crippen molar-refractivity contribution in [1.29, 1.82) is 0 Å². The van der Waals surface area contributed by atoms with Crippen LogP contribution in [0.15, 0.2) is 6.07 Å². The van der Waals surface area contributed by atoms with Gasteiger partial charge in [0.25, 0.3) is 0 Å². The number of carbonyl (C=O) groups excluding carboxylic acids is 1. The number of ether oxygens (including phenoxy) is 3. The van der Waals surface area contributed by atoms with Gasteiger partial charge in [0.15, 0.2) is 0 Å². The number of carbonyl (C=O) groups is 1. The molecule has 0 aromatic carbocycles. The second-order valence-corrected chi connectivity index (χ2v) is 8.49. The number of morpholine rings is 1. The minimum absolute atomic E-state index is 0.0919. The smallest absolute Gasteiger partial charge is 0.410 e. The second kappa shape index (κ2) is 8.12. The summed E-state index contributed by atoms with van der Waals surface area (Å²) in [6.45, 7) is 9.63. The summed E-state index contributed by atoms with van der Waals surface area (Å²) in [5.74, 6) is 1.21. The number of hydrogen-bond donors (Lipinski definition) is 0.